The van der Waals surface area contributed by atoms with Crippen LogP contribution in [-0.4, -0.2) is 28.6 Å². The van der Waals surface area contributed by atoms with E-state index in [4.69, 9.17) is 0 Å². The highest BCUT2D eigenvalue weighted by molar-refractivity contribution is 7.85. The summed E-state index contributed by atoms with van der Waals surface area (Å²) in [6.07, 6.45) is 0. The molecule has 3 N–H and O–H groups in total. The van der Waals surface area contributed by atoms with E-state index in [0.717, 1.165) is 28.4 Å². The molecule has 0 saturated carbocycles. The van der Waals surface area contributed by atoms with Gasteiger partial charge in [0.15, 0.2) is 5.75 Å². The minimum atomic E-state index is -4.34. The second-order valence-electron chi connectivity index (χ2n) is 9.46. The third kappa shape index (κ3) is 4.79. The van der Waals surface area contributed by atoms with Crippen LogP contribution in [0.3, 0.4) is 0 Å². The molecule has 0 saturated heterocycles. The number of aromatic nitrogens is 1. The molecule has 0 unspecified atom stereocenters. The van der Waals surface area contributed by atoms with E-state index in [2.05, 4.69) is 39.2 Å². The van der Waals surface area contributed by atoms with Gasteiger partial charge < -0.3 is 15.0 Å². The van der Waals surface area contributed by atoms with Gasteiger partial charge >= 0.3 is 0 Å². The Morgan fingerprint density at radius 3 is 2.24 bits per heavy atom. The Bertz CT molecular complexity index is 2120. The number of fused-ring (bicyclic) bond motifs is 4. The van der Waals surface area contributed by atoms with Crippen molar-refractivity contribution in [3.8, 4) is 5.75 Å². The van der Waals surface area contributed by atoms with Crippen LogP contribution >= 0.6 is 0 Å². The van der Waals surface area contributed by atoms with Gasteiger partial charge in [-0.2, -0.15) is 13.5 Å². The largest absolute Gasteiger partial charge is 0.505 e. The molecule has 5 aromatic carbocycles. The predicted octanol–water partition coefficient (Wildman–Crippen LogP) is 7.59. The normalized spacial score (nSPS) is 12.0. The number of aryl methyl sites for hydroxylation is 1. The third-order valence-corrected chi connectivity index (χ3v) is 7.85. The number of aromatic hydroxyl groups is 1. The lowest BCUT2D eigenvalue weighted by atomic mass is 10.0. The topological polar surface area (TPSA) is 133 Å². The number of phenols is 1. The lowest BCUT2D eigenvalue weighted by molar-refractivity contribution is 0.102. The lowest BCUT2D eigenvalue weighted by Crippen LogP contribution is -2.12. The third-order valence-electron chi connectivity index (χ3n) is 6.99. The average Bonchev–Trinajstić information content (AvgIpc) is 3.29. The molecule has 9 nitrogen and oxygen atoms in total. The summed E-state index contributed by atoms with van der Waals surface area (Å²) in [6, 6.07) is 27.7. The van der Waals surface area contributed by atoms with Crippen molar-refractivity contribution in [3.05, 3.63) is 103 Å². The molecule has 0 fully saturated rings. The number of phenolic OH excluding ortho intramolecular Hbond substituents is 1. The van der Waals surface area contributed by atoms with Crippen LogP contribution in [0.15, 0.2) is 112 Å². The number of carbonyl (C=O) groups is 1. The summed E-state index contributed by atoms with van der Waals surface area (Å²) >= 11 is 0. The van der Waals surface area contributed by atoms with Crippen LogP contribution in [0.4, 0.5) is 17.1 Å². The van der Waals surface area contributed by atoms with E-state index in [9.17, 15) is 22.9 Å². The molecule has 204 valence electrons. The molecule has 10 heteroatoms. The number of rotatable bonds is 6. The van der Waals surface area contributed by atoms with E-state index in [1.165, 1.54) is 24.3 Å². The van der Waals surface area contributed by atoms with Crippen molar-refractivity contribution < 1.29 is 22.9 Å². The van der Waals surface area contributed by atoms with Gasteiger partial charge in [0.05, 0.1) is 16.1 Å². The molecular weight excluding hydrogens is 540 g/mol. The molecule has 0 radical (unpaired) electrons. The highest BCUT2D eigenvalue weighted by Gasteiger charge is 2.19. The summed E-state index contributed by atoms with van der Waals surface area (Å²) in [5, 5.41) is 25.8. The van der Waals surface area contributed by atoms with Crippen LogP contribution in [0.25, 0.3) is 32.6 Å². The maximum Gasteiger partial charge on any atom is 0.294 e. The van der Waals surface area contributed by atoms with E-state index < -0.39 is 16.0 Å². The summed E-state index contributed by atoms with van der Waals surface area (Å²) < 4.78 is 34.0. The van der Waals surface area contributed by atoms with E-state index in [-0.39, 0.29) is 27.6 Å². The van der Waals surface area contributed by atoms with E-state index in [1.54, 1.807) is 24.3 Å². The number of hydrogen-bond acceptors (Lipinski definition) is 6. The Kier molecular flexibility index (Phi) is 6.49. The van der Waals surface area contributed by atoms with Gasteiger partial charge in [-0.3, -0.25) is 9.35 Å². The van der Waals surface area contributed by atoms with Gasteiger partial charge in [0.2, 0.25) is 0 Å². The predicted molar refractivity (Wildman–Crippen MR) is 159 cm³/mol. The fraction of sp³-hybridized carbons (Fsp3) is 0.0645. The molecule has 0 spiro atoms. The Morgan fingerprint density at radius 2 is 1.51 bits per heavy atom. The summed E-state index contributed by atoms with van der Waals surface area (Å²) in [6.45, 7) is 2.90. The van der Waals surface area contributed by atoms with Gasteiger partial charge in [0.25, 0.3) is 16.0 Å². The smallest absolute Gasteiger partial charge is 0.294 e. The summed E-state index contributed by atoms with van der Waals surface area (Å²) in [7, 11) is -4.34. The first kappa shape index (κ1) is 26.2. The molecule has 0 aliphatic heterocycles. The second-order valence-corrected chi connectivity index (χ2v) is 10.9. The molecule has 0 atom stereocenters. The Balaban J connectivity index is 1.37. The Morgan fingerprint density at radius 1 is 0.829 bits per heavy atom. The van der Waals surface area contributed by atoms with Gasteiger partial charge in [-0.1, -0.05) is 42.5 Å². The zero-order chi connectivity index (χ0) is 28.7. The molecule has 1 amide bonds. The van der Waals surface area contributed by atoms with Crippen molar-refractivity contribution >= 4 is 65.7 Å². The average molecular weight is 565 g/mol. The number of para-hydroxylation sites is 1. The van der Waals surface area contributed by atoms with Crippen LogP contribution in [0.2, 0.25) is 0 Å². The standard InChI is InChI=1S/C31H24N4O5S/c1-2-35-27-10-6-5-9-24(27)25-18-21(13-16-28(25)35)32-31(37)26-17-19-7-3-4-8-23(19)29(30(26)36)34-33-20-11-14-22(15-12-20)41(38,39)40/h3-18,36H,2H2,1H3,(H,32,37)(H,38,39,40). The number of anilines is 1. The summed E-state index contributed by atoms with van der Waals surface area (Å²) in [4.78, 5) is 13.2. The van der Waals surface area contributed by atoms with Crippen molar-refractivity contribution in [2.45, 2.75) is 18.4 Å². The van der Waals surface area contributed by atoms with Gasteiger partial charge in [-0.05, 0) is 66.9 Å². The van der Waals surface area contributed by atoms with Gasteiger partial charge in [-0.15, -0.1) is 5.11 Å². The quantitative estimate of drug-likeness (QED) is 0.142. The molecule has 41 heavy (non-hydrogen) atoms. The van der Waals surface area contributed by atoms with Gasteiger partial charge in [-0.25, -0.2) is 0 Å². The second kappa shape index (κ2) is 10.2. The maximum atomic E-state index is 13.5. The van der Waals surface area contributed by atoms with Gasteiger partial charge in [0, 0.05) is 39.4 Å². The summed E-state index contributed by atoms with van der Waals surface area (Å²) in [5.41, 5.74) is 3.16. The Labute approximate surface area is 235 Å². The molecule has 6 rings (SSSR count). The fourth-order valence-electron chi connectivity index (χ4n) is 5.05. The number of carbonyl (C=O) groups excluding carboxylic acids is 1. The first-order valence-corrected chi connectivity index (χ1v) is 14.2. The molecular formula is C31H24N4O5S. The Hall–Kier alpha value is -5.06. The summed E-state index contributed by atoms with van der Waals surface area (Å²) in [5.74, 6) is -0.857. The van der Waals surface area contributed by atoms with Crippen molar-refractivity contribution in [2.24, 2.45) is 10.2 Å². The fourth-order valence-corrected chi connectivity index (χ4v) is 5.53. The highest BCUT2D eigenvalue weighted by atomic mass is 32.2. The van der Waals surface area contributed by atoms with Crippen LogP contribution in [-0.2, 0) is 16.7 Å². The molecule has 1 heterocycles. The number of amides is 1. The number of nitrogens with zero attached hydrogens (tertiary/aromatic N) is 3. The maximum absolute atomic E-state index is 13.5. The SMILES string of the molecule is CCn1c2ccccc2c2cc(NC(=O)c3cc4ccccc4c(N=Nc4ccc(S(=O)(=O)O)cc4)c3O)ccc21. The first-order chi connectivity index (χ1) is 19.7. The van der Waals surface area contributed by atoms with Crippen molar-refractivity contribution in [1.82, 2.24) is 4.57 Å². The first-order valence-electron chi connectivity index (χ1n) is 12.8. The molecule has 0 aliphatic carbocycles. The van der Waals surface area contributed by atoms with Crippen LogP contribution in [0, 0.1) is 0 Å². The molecule has 1 aromatic heterocycles. The van der Waals surface area contributed by atoms with Crippen LogP contribution in [0.1, 0.15) is 17.3 Å². The molecule has 0 bridgehead atoms. The number of nitrogens with one attached hydrogen (secondary N) is 1. The minimum absolute atomic E-state index is 0.0236. The monoisotopic (exact) mass is 564 g/mol. The zero-order valence-corrected chi connectivity index (χ0v) is 22.6. The lowest BCUT2D eigenvalue weighted by Gasteiger charge is -2.11. The van der Waals surface area contributed by atoms with Gasteiger partial charge in [0.1, 0.15) is 5.69 Å². The number of azo groups is 1. The zero-order valence-electron chi connectivity index (χ0n) is 21.8. The number of benzene rings is 5. The molecule has 6 aromatic rings. The highest BCUT2D eigenvalue weighted by Crippen LogP contribution is 2.40. The van der Waals surface area contributed by atoms with E-state index in [0.29, 0.717) is 16.5 Å². The minimum Gasteiger partial charge on any atom is -0.505 e. The van der Waals surface area contributed by atoms with Crippen molar-refractivity contribution in [3.63, 3.8) is 0 Å². The van der Waals surface area contributed by atoms with Crippen LogP contribution in [0.5, 0.6) is 5.75 Å². The number of hydrogen-bond donors (Lipinski definition) is 3. The van der Waals surface area contributed by atoms with Crippen molar-refractivity contribution in [2.75, 3.05) is 5.32 Å². The van der Waals surface area contributed by atoms with E-state index >= 15 is 0 Å². The van der Waals surface area contributed by atoms with Crippen molar-refractivity contribution in [1.29, 1.82) is 0 Å². The van der Waals surface area contributed by atoms with Crippen LogP contribution < -0.4 is 5.32 Å². The molecule has 0 aliphatic rings. The van der Waals surface area contributed by atoms with E-state index in [1.807, 2.05) is 36.4 Å².